The smallest absolute Gasteiger partial charge is 0.133 e. The van der Waals surface area contributed by atoms with Crippen molar-refractivity contribution >= 4 is 0 Å². The number of halogens is 1. The first-order valence-electron chi connectivity index (χ1n) is 6.67. The summed E-state index contributed by atoms with van der Waals surface area (Å²) in [5, 5.41) is 0. The zero-order chi connectivity index (χ0) is 13.5. The van der Waals surface area contributed by atoms with E-state index in [4.69, 9.17) is 10.5 Å². The fourth-order valence-electron chi connectivity index (χ4n) is 2.01. The van der Waals surface area contributed by atoms with Gasteiger partial charge in [-0.25, -0.2) is 4.39 Å². The minimum Gasteiger partial charge on any atom is -0.493 e. The number of ether oxygens (including phenoxy) is 1. The molecule has 0 saturated carbocycles. The lowest BCUT2D eigenvalue weighted by atomic mass is 9.87. The molecule has 2 N–H and O–H groups in total. The SMILES string of the molecule is CCCOc1ccccc1C(F)C(CN)C(C)C. The summed E-state index contributed by atoms with van der Waals surface area (Å²) in [5.74, 6) is 0.687. The number of hydrogen-bond acceptors (Lipinski definition) is 2. The van der Waals surface area contributed by atoms with Crippen molar-refractivity contribution in [3.8, 4) is 5.75 Å². The van der Waals surface area contributed by atoms with Gasteiger partial charge in [0, 0.05) is 11.5 Å². The van der Waals surface area contributed by atoms with E-state index in [1.165, 1.54) is 0 Å². The number of hydrogen-bond donors (Lipinski definition) is 1. The van der Waals surface area contributed by atoms with Crippen molar-refractivity contribution in [2.24, 2.45) is 17.6 Å². The first-order chi connectivity index (χ1) is 8.61. The van der Waals surface area contributed by atoms with Crippen molar-refractivity contribution in [2.75, 3.05) is 13.2 Å². The Morgan fingerprint density at radius 1 is 1.28 bits per heavy atom. The molecule has 0 aliphatic heterocycles. The Hall–Kier alpha value is -1.09. The summed E-state index contributed by atoms with van der Waals surface area (Å²) in [6.07, 6.45) is -0.154. The van der Waals surface area contributed by atoms with Gasteiger partial charge in [-0.05, 0) is 24.9 Å². The lowest BCUT2D eigenvalue weighted by molar-refractivity contribution is 0.181. The monoisotopic (exact) mass is 253 g/mol. The van der Waals surface area contributed by atoms with E-state index in [0.717, 1.165) is 6.42 Å². The highest BCUT2D eigenvalue weighted by atomic mass is 19.1. The van der Waals surface area contributed by atoms with Crippen LogP contribution in [0.2, 0.25) is 0 Å². The number of benzene rings is 1. The van der Waals surface area contributed by atoms with Crippen LogP contribution >= 0.6 is 0 Å². The second-order valence-electron chi connectivity index (χ2n) is 4.93. The molecule has 0 aliphatic rings. The lowest BCUT2D eigenvalue weighted by Gasteiger charge is -2.24. The molecule has 1 rings (SSSR count). The van der Waals surface area contributed by atoms with Gasteiger partial charge in [-0.1, -0.05) is 39.0 Å². The topological polar surface area (TPSA) is 35.2 Å². The fourth-order valence-corrected chi connectivity index (χ4v) is 2.01. The molecule has 1 aromatic carbocycles. The predicted molar refractivity (Wildman–Crippen MR) is 73.5 cm³/mol. The van der Waals surface area contributed by atoms with Gasteiger partial charge in [0.2, 0.25) is 0 Å². The molecule has 0 amide bonds. The standard InChI is InChI=1S/C15H24FNO/c1-4-9-18-14-8-6-5-7-12(14)15(16)13(10-17)11(2)3/h5-8,11,13,15H,4,9-10,17H2,1-3H3. The van der Waals surface area contributed by atoms with Crippen LogP contribution in [0.5, 0.6) is 5.75 Å². The molecule has 2 unspecified atom stereocenters. The summed E-state index contributed by atoms with van der Waals surface area (Å²) in [6, 6.07) is 7.33. The fraction of sp³-hybridized carbons (Fsp3) is 0.600. The van der Waals surface area contributed by atoms with Gasteiger partial charge >= 0.3 is 0 Å². The van der Waals surface area contributed by atoms with E-state index in [0.29, 0.717) is 24.5 Å². The van der Waals surface area contributed by atoms with Crippen LogP contribution in [0.15, 0.2) is 24.3 Å². The summed E-state index contributed by atoms with van der Waals surface area (Å²) < 4.78 is 20.2. The van der Waals surface area contributed by atoms with E-state index < -0.39 is 6.17 Å². The Kier molecular flexibility index (Phi) is 6.13. The third-order valence-electron chi connectivity index (χ3n) is 3.18. The molecule has 102 valence electrons. The van der Waals surface area contributed by atoms with Crippen molar-refractivity contribution in [2.45, 2.75) is 33.4 Å². The van der Waals surface area contributed by atoms with Crippen LogP contribution in [0.3, 0.4) is 0 Å². The van der Waals surface area contributed by atoms with Crippen molar-refractivity contribution in [3.05, 3.63) is 29.8 Å². The normalized spacial score (nSPS) is 14.6. The molecular weight excluding hydrogens is 229 g/mol. The molecule has 3 heteroatoms. The highest BCUT2D eigenvalue weighted by Gasteiger charge is 2.26. The Morgan fingerprint density at radius 2 is 1.94 bits per heavy atom. The van der Waals surface area contributed by atoms with Gasteiger partial charge in [-0.15, -0.1) is 0 Å². The molecule has 0 spiro atoms. The van der Waals surface area contributed by atoms with Crippen LogP contribution in [0.4, 0.5) is 4.39 Å². The van der Waals surface area contributed by atoms with Crippen LogP contribution in [-0.4, -0.2) is 13.2 Å². The van der Waals surface area contributed by atoms with Crippen LogP contribution in [-0.2, 0) is 0 Å². The largest absolute Gasteiger partial charge is 0.493 e. The van der Waals surface area contributed by atoms with E-state index in [9.17, 15) is 4.39 Å². The van der Waals surface area contributed by atoms with E-state index in [2.05, 4.69) is 0 Å². The van der Waals surface area contributed by atoms with Gasteiger partial charge < -0.3 is 10.5 Å². The maximum atomic E-state index is 14.6. The van der Waals surface area contributed by atoms with Gasteiger partial charge in [0.1, 0.15) is 11.9 Å². The van der Waals surface area contributed by atoms with Gasteiger partial charge in [0.25, 0.3) is 0 Å². The van der Waals surface area contributed by atoms with Crippen molar-refractivity contribution in [1.82, 2.24) is 0 Å². The van der Waals surface area contributed by atoms with E-state index in [1.807, 2.05) is 39.0 Å². The number of rotatable bonds is 7. The zero-order valence-corrected chi connectivity index (χ0v) is 11.5. The number of para-hydroxylation sites is 1. The van der Waals surface area contributed by atoms with Crippen LogP contribution in [0.25, 0.3) is 0 Å². The Labute approximate surface area is 109 Å². The second kappa shape index (κ2) is 7.37. The summed E-state index contributed by atoms with van der Waals surface area (Å²) >= 11 is 0. The zero-order valence-electron chi connectivity index (χ0n) is 11.5. The highest BCUT2D eigenvalue weighted by Crippen LogP contribution is 2.36. The molecule has 0 radical (unpaired) electrons. The van der Waals surface area contributed by atoms with Crippen LogP contribution < -0.4 is 10.5 Å². The minimum atomic E-state index is -1.07. The van der Waals surface area contributed by atoms with Gasteiger partial charge in [-0.2, -0.15) is 0 Å². The van der Waals surface area contributed by atoms with Gasteiger partial charge in [0.15, 0.2) is 0 Å². The Balaban J connectivity index is 2.92. The first kappa shape index (κ1) is 15.0. The summed E-state index contributed by atoms with van der Waals surface area (Å²) in [7, 11) is 0. The molecule has 2 atom stereocenters. The molecule has 0 aromatic heterocycles. The second-order valence-corrected chi connectivity index (χ2v) is 4.93. The first-order valence-corrected chi connectivity index (χ1v) is 6.67. The summed E-state index contributed by atoms with van der Waals surface area (Å²) in [5.41, 5.74) is 6.30. The number of alkyl halides is 1. The number of nitrogens with two attached hydrogens (primary N) is 1. The predicted octanol–water partition coefficient (Wildman–Crippen LogP) is 3.72. The molecule has 18 heavy (non-hydrogen) atoms. The Bertz CT molecular complexity index is 354. The van der Waals surface area contributed by atoms with Crippen molar-refractivity contribution in [3.63, 3.8) is 0 Å². The summed E-state index contributed by atoms with van der Waals surface area (Å²) in [4.78, 5) is 0. The van der Waals surface area contributed by atoms with Crippen molar-refractivity contribution < 1.29 is 9.13 Å². The maximum absolute atomic E-state index is 14.6. The summed E-state index contributed by atoms with van der Waals surface area (Å²) in [6.45, 7) is 6.99. The molecule has 0 saturated heterocycles. The molecule has 0 bridgehead atoms. The average Bonchev–Trinajstić information content (AvgIpc) is 2.37. The average molecular weight is 253 g/mol. The van der Waals surface area contributed by atoms with Crippen LogP contribution in [0, 0.1) is 11.8 Å². The minimum absolute atomic E-state index is 0.170. The molecule has 1 aromatic rings. The molecule has 0 heterocycles. The van der Waals surface area contributed by atoms with Crippen LogP contribution in [0.1, 0.15) is 38.9 Å². The van der Waals surface area contributed by atoms with Gasteiger partial charge in [-0.3, -0.25) is 0 Å². The van der Waals surface area contributed by atoms with E-state index >= 15 is 0 Å². The molecule has 0 fully saturated rings. The third-order valence-corrected chi connectivity index (χ3v) is 3.18. The molecular formula is C15H24FNO. The lowest BCUT2D eigenvalue weighted by Crippen LogP contribution is -2.25. The Morgan fingerprint density at radius 3 is 2.50 bits per heavy atom. The molecule has 0 aliphatic carbocycles. The quantitative estimate of drug-likeness (QED) is 0.804. The van der Waals surface area contributed by atoms with E-state index in [-0.39, 0.29) is 11.8 Å². The van der Waals surface area contributed by atoms with Crippen molar-refractivity contribution in [1.29, 1.82) is 0 Å². The highest BCUT2D eigenvalue weighted by molar-refractivity contribution is 5.35. The van der Waals surface area contributed by atoms with E-state index in [1.54, 1.807) is 6.07 Å². The molecule has 2 nitrogen and oxygen atoms in total. The van der Waals surface area contributed by atoms with Gasteiger partial charge in [0.05, 0.1) is 6.61 Å². The third kappa shape index (κ3) is 3.70. The maximum Gasteiger partial charge on any atom is 0.133 e.